The summed E-state index contributed by atoms with van der Waals surface area (Å²) in [7, 11) is 1.64. The minimum Gasteiger partial charge on any atom is -0.497 e. The van der Waals surface area contributed by atoms with Gasteiger partial charge in [-0.2, -0.15) is 0 Å². The van der Waals surface area contributed by atoms with Crippen molar-refractivity contribution < 1.29 is 14.3 Å². The third-order valence-electron chi connectivity index (χ3n) is 5.23. The van der Waals surface area contributed by atoms with Crippen molar-refractivity contribution in [3.8, 4) is 5.75 Å². The van der Waals surface area contributed by atoms with Crippen LogP contribution in [0.1, 0.15) is 25.3 Å². The highest BCUT2D eigenvalue weighted by Gasteiger charge is 2.35. The van der Waals surface area contributed by atoms with Gasteiger partial charge in [-0.3, -0.25) is 4.79 Å². The number of benzene rings is 2. The second kappa shape index (κ2) is 9.68. The number of carbonyl (C=O) groups is 1. The Labute approximate surface area is 175 Å². The molecule has 2 aromatic rings. The number of halogens is 1. The summed E-state index contributed by atoms with van der Waals surface area (Å²) in [4.78, 5) is 13.8. The van der Waals surface area contributed by atoms with Gasteiger partial charge in [0, 0.05) is 35.1 Å². The fourth-order valence-electron chi connectivity index (χ4n) is 3.46. The highest BCUT2D eigenvalue weighted by Crippen LogP contribution is 2.35. The molecule has 0 bridgehead atoms. The molecule has 1 aliphatic heterocycles. The Hall–Kier alpha value is -1.69. The molecule has 2 aromatic carbocycles. The third-order valence-corrected chi connectivity index (χ3v) is 6.58. The van der Waals surface area contributed by atoms with Crippen molar-refractivity contribution in [3.05, 3.63) is 59.1 Å². The summed E-state index contributed by atoms with van der Waals surface area (Å²) in [5.74, 6) is 0.846. The molecule has 0 aromatic heterocycles. The van der Waals surface area contributed by atoms with Gasteiger partial charge in [0.1, 0.15) is 5.75 Å². The van der Waals surface area contributed by atoms with E-state index in [1.807, 2.05) is 49.4 Å². The molecule has 150 valence electrons. The number of ether oxygens (including phenoxy) is 2. The number of thioether (sulfide) groups is 1. The first kappa shape index (κ1) is 21.0. The normalized spacial score (nSPS) is 17.0. The van der Waals surface area contributed by atoms with Crippen molar-refractivity contribution in [1.29, 1.82) is 0 Å². The van der Waals surface area contributed by atoms with E-state index >= 15 is 0 Å². The van der Waals surface area contributed by atoms with Gasteiger partial charge in [-0.05, 0) is 61.7 Å². The molecular formula is C22H26ClNO3S. The number of hydrogen-bond donors (Lipinski definition) is 1. The zero-order valence-corrected chi connectivity index (χ0v) is 17.8. The van der Waals surface area contributed by atoms with Crippen LogP contribution < -0.4 is 10.1 Å². The number of hydrogen-bond acceptors (Lipinski definition) is 4. The summed E-state index contributed by atoms with van der Waals surface area (Å²) in [5, 5.41) is 3.70. The Morgan fingerprint density at radius 1 is 1.25 bits per heavy atom. The summed E-state index contributed by atoms with van der Waals surface area (Å²) in [6.07, 6.45) is 1.74. The van der Waals surface area contributed by atoms with Crippen molar-refractivity contribution in [2.75, 3.05) is 26.9 Å². The summed E-state index contributed by atoms with van der Waals surface area (Å²) >= 11 is 7.76. The Kier molecular flexibility index (Phi) is 7.27. The molecule has 1 atom stereocenters. The van der Waals surface area contributed by atoms with Gasteiger partial charge in [-0.15, -0.1) is 11.8 Å². The van der Waals surface area contributed by atoms with E-state index in [-0.39, 0.29) is 16.6 Å². The highest BCUT2D eigenvalue weighted by molar-refractivity contribution is 8.00. The van der Waals surface area contributed by atoms with Crippen LogP contribution in [0.2, 0.25) is 5.02 Å². The Bertz CT molecular complexity index is 791. The van der Waals surface area contributed by atoms with Gasteiger partial charge in [-0.1, -0.05) is 23.7 Å². The second-order valence-electron chi connectivity index (χ2n) is 7.06. The Morgan fingerprint density at radius 2 is 1.96 bits per heavy atom. The summed E-state index contributed by atoms with van der Waals surface area (Å²) in [5.41, 5.74) is 1.03. The minimum absolute atomic E-state index is 0.0358. The van der Waals surface area contributed by atoms with Crippen LogP contribution in [0.15, 0.2) is 53.4 Å². The molecule has 0 saturated carbocycles. The summed E-state index contributed by atoms with van der Waals surface area (Å²) in [6.45, 7) is 3.90. The van der Waals surface area contributed by atoms with Gasteiger partial charge in [0.25, 0.3) is 0 Å². The van der Waals surface area contributed by atoms with Gasteiger partial charge in [0.2, 0.25) is 5.91 Å². The van der Waals surface area contributed by atoms with Crippen LogP contribution in [-0.2, 0) is 14.9 Å². The maximum atomic E-state index is 12.7. The van der Waals surface area contributed by atoms with Gasteiger partial charge >= 0.3 is 0 Å². The monoisotopic (exact) mass is 419 g/mol. The van der Waals surface area contributed by atoms with Gasteiger partial charge in [-0.25, -0.2) is 0 Å². The van der Waals surface area contributed by atoms with Crippen LogP contribution in [0.5, 0.6) is 5.75 Å². The standard InChI is InChI=1S/C22H26ClNO3S/c1-16(28-20-8-6-19(26-2)7-9-20)21(25)24-15-22(10-12-27-13-11-22)17-4-3-5-18(23)14-17/h3-9,14,16H,10-13,15H2,1-2H3,(H,24,25). The molecule has 3 rings (SSSR count). The quantitative estimate of drug-likeness (QED) is 0.661. The molecule has 0 radical (unpaired) electrons. The van der Waals surface area contributed by atoms with E-state index < -0.39 is 0 Å². The molecule has 28 heavy (non-hydrogen) atoms. The fourth-order valence-corrected chi connectivity index (χ4v) is 4.54. The molecule has 6 heteroatoms. The number of nitrogens with one attached hydrogen (secondary N) is 1. The van der Waals surface area contributed by atoms with Gasteiger partial charge < -0.3 is 14.8 Å². The first-order valence-corrected chi connectivity index (χ1v) is 10.7. The first-order chi connectivity index (χ1) is 13.5. The number of rotatable bonds is 7. The van der Waals surface area contributed by atoms with E-state index in [9.17, 15) is 4.79 Å². The number of carbonyl (C=O) groups excluding carboxylic acids is 1. The molecule has 0 aliphatic carbocycles. The molecule has 1 N–H and O–H groups in total. The topological polar surface area (TPSA) is 47.6 Å². The average molecular weight is 420 g/mol. The van der Waals surface area contributed by atoms with Gasteiger partial charge in [0.05, 0.1) is 12.4 Å². The zero-order chi connectivity index (χ0) is 20.0. The molecule has 1 saturated heterocycles. The van der Waals surface area contributed by atoms with E-state index in [0.29, 0.717) is 19.8 Å². The van der Waals surface area contributed by atoms with Crippen LogP contribution in [0.3, 0.4) is 0 Å². The first-order valence-electron chi connectivity index (χ1n) is 9.45. The molecule has 4 nitrogen and oxygen atoms in total. The van der Waals surface area contributed by atoms with Gasteiger partial charge in [0.15, 0.2) is 0 Å². The van der Waals surface area contributed by atoms with Crippen LogP contribution >= 0.6 is 23.4 Å². The van der Waals surface area contributed by atoms with Crippen molar-refractivity contribution in [1.82, 2.24) is 5.32 Å². The van der Waals surface area contributed by atoms with Crippen LogP contribution in [0, 0.1) is 0 Å². The van der Waals surface area contributed by atoms with Crippen molar-refractivity contribution in [3.63, 3.8) is 0 Å². The van der Waals surface area contributed by atoms with E-state index in [2.05, 4.69) is 11.4 Å². The SMILES string of the molecule is COc1ccc(SC(C)C(=O)NCC2(c3cccc(Cl)c3)CCOCC2)cc1. The zero-order valence-electron chi connectivity index (χ0n) is 16.2. The van der Waals surface area contributed by atoms with Crippen molar-refractivity contribution in [2.45, 2.75) is 35.3 Å². The lowest BCUT2D eigenvalue weighted by Gasteiger charge is -2.38. The highest BCUT2D eigenvalue weighted by atomic mass is 35.5. The summed E-state index contributed by atoms with van der Waals surface area (Å²) in [6, 6.07) is 15.7. The minimum atomic E-state index is -0.190. The molecule has 1 amide bonds. The Morgan fingerprint density at radius 3 is 2.61 bits per heavy atom. The maximum absolute atomic E-state index is 12.7. The largest absolute Gasteiger partial charge is 0.497 e. The lowest BCUT2D eigenvalue weighted by Crippen LogP contribution is -2.46. The van der Waals surface area contributed by atoms with E-state index in [4.69, 9.17) is 21.1 Å². The maximum Gasteiger partial charge on any atom is 0.233 e. The second-order valence-corrected chi connectivity index (χ2v) is 8.91. The van der Waals surface area contributed by atoms with Crippen molar-refractivity contribution in [2.24, 2.45) is 0 Å². The molecule has 1 aliphatic rings. The van der Waals surface area contributed by atoms with E-state index in [1.165, 1.54) is 5.56 Å². The third kappa shape index (κ3) is 5.22. The van der Waals surface area contributed by atoms with Crippen molar-refractivity contribution >= 4 is 29.3 Å². The lowest BCUT2D eigenvalue weighted by atomic mass is 9.74. The van der Waals surface area contributed by atoms with Crippen LogP contribution in [0.4, 0.5) is 0 Å². The molecule has 0 spiro atoms. The lowest BCUT2D eigenvalue weighted by molar-refractivity contribution is -0.120. The number of methoxy groups -OCH3 is 1. The molecule has 1 heterocycles. The number of amides is 1. The van der Waals surface area contributed by atoms with E-state index in [0.717, 1.165) is 28.5 Å². The fraction of sp³-hybridized carbons (Fsp3) is 0.409. The predicted octanol–water partition coefficient (Wildman–Crippen LogP) is 4.69. The average Bonchev–Trinajstić information content (AvgIpc) is 2.73. The summed E-state index contributed by atoms with van der Waals surface area (Å²) < 4.78 is 10.7. The van der Waals surface area contributed by atoms with E-state index in [1.54, 1.807) is 18.9 Å². The molecule has 1 unspecified atom stereocenters. The van der Waals surface area contributed by atoms with Crippen LogP contribution in [-0.4, -0.2) is 38.0 Å². The molecule has 1 fully saturated rings. The Balaban J connectivity index is 1.64. The predicted molar refractivity (Wildman–Crippen MR) is 115 cm³/mol. The van der Waals surface area contributed by atoms with Crippen LogP contribution in [0.25, 0.3) is 0 Å². The molecular weight excluding hydrogens is 394 g/mol. The smallest absolute Gasteiger partial charge is 0.233 e.